The Bertz CT molecular complexity index is 1480. The summed E-state index contributed by atoms with van der Waals surface area (Å²) in [6.45, 7) is 0. The third-order valence-electron chi connectivity index (χ3n) is 4.74. The molecule has 36 heavy (non-hydrogen) atoms. The fourth-order valence-electron chi connectivity index (χ4n) is 3.00. The summed E-state index contributed by atoms with van der Waals surface area (Å²) < 4.78 is 40.6. The van der Waals surface area contributed by atoms with Crippen LogP contribution in [0.4, 0.5) is 11.4 Å². The molecule has 0 fully saturated rings. The van der Waals surface area contributed by atoms with Crippen molar-refractivity contribution in [3.8, 4) is 23.3 Å². The molecule has 0 radical (unpaired) electrons. The summed E-state index contributed by atoms with van der Waals surface area (Å²) in [4.78, 5) is 23.3. The van der Waals surface area contributed by atoms with Gasteiger partial charge in [-0.25, -0.2) is 0 Å². The number of nitriles is 1. The van der Waals surface area contributed by atoms with E-state index in [1.165, 1.54) is 74.9 Å². The number of nitro groups is 1. The van der Waals surface area contributed by atoms with Crippen molar-refractivity contribution < 1.29 is 31.8 Å². The third-order valence-corrected chi connectivity index (χ3v) is 5.99. The number of methoxy groups -OCH3 is 2. The highest BCUT2D eigenvalue weighted by Crippen LogP contribution is 2.32. The van der Waals surface area contributed by atoms with E-state index >= 15 is 0 Å². The van der Waals surface area contributed by atoms with E-state index in [0.717, 1.165) is 6.07 Å². The highest BCUT2D eigenvalue weighted by atomic mass is 32.2. The second kappa shape index (κ2) is 11.0. The van der Waals surface area contributed by atoms with Crippen LogP contribution in [0.15, 0.2) is 77.2 Å². The van der Waals surface area contributed by atoms with Crippen molar-refractivity contribution in [2.75, 3.05) is 19.5 Å². The van der Waals surface area contributed by atoms with E-state index in [-0.39, 0.29) is 33.4 Å². The Labute approximate surface area is 206 Å². The van der Waals surface area contributed by atoms with Crippen LogP contribution >= 0.6 is 0 Å². The molecule has 0 bridgehead atoms. The van der Waals surface area contributed by atoms with Gasteiger partial charge in [0.15, 0.2) is 11.5 Å². The zero-order chi connectivity index (χ0) is 26.3. The van der Waals surface area contributed by atoms with Crippen LogP contribution in [-0.4, -0.2) is 33.5 Å². The monoisotopic (exact) mass is 509 g/mol. The Kier molecular flexibility index (Phi) is 7.88. The van der Waals surface area contributed by atoms with Gasteiger partial charge in [-0.2, -0.15) is 13.7 Å². The predicted molar refractivity (Wildman–Crippen MR) is 129 cm³/mol. The minimum Gasteiger partial charge on any atom is -0.496 e. The van der Waals surface area contributed by atoms with Gasteiger partial charge in [-0.1, -0.05) is 24.3 Å². The minimum atomic E-state index is -4.19. The number of carbonyl (C=O) groups is 1. The molecule has 184 valence electrons. The zero-order valence-electron chi connectivity index (χ0n) is 19.0. The van der Waals surface area contributed by atoms with Gasteiger partial charge in [0, 0.05) is 0 Å². The molecule has 1 amide bonds. The molecular formula is C24H19N3O8S. The van der Waals surface area contributed by atoms with Gasteiger partial charge in [0.05, 0.1) is 25.2 Å². The molecule has 0 atom stereocenters. The fraction of sp³-hybridized carbons (Fsp3) is 0.0833. The number of nitrogens with zero attached hydrogens (tertiary/aromatic N) is 2. The molecule has 0 saturated carbocycles. The SMILES string of the molecule is COc1ccc(NC(=O)/C(C#N)=C/c2ccc(OC)c(OS(=O)(=O)c3ccccc3)c2)c([N+](=O)[O-])c1. The first-order chi connectivity index (χ1) is 17.2. The van der Waals surface area contributed by atoms with Gasteiger partial charge in [-0.05, 0) is 48.0 Å². The number of ether oxygens (including phenoxy) is 2. The summed E-state index contributed by atoms with van der Waals surface area (Å²) in [5.74, 6) is -0.769. The highest BCUT2D eigenvalue weighted by Gasteiger charge is 2.21. The summed E-state index contributed by atoms with van der Waals surface area (Å²) in [5.41, 5.74) is -0.724. The average Bonchev–Trinajstić information content (AvgIpc) is 2.87. The summed E-state index contributed by atoms with van der Waals surface area (Å²) in [7, 11) is -1.53. The molecule has 0 aliphatic carbocycles. The summed E-state index contributed by atoms with van der Waals surface area (Å²) >= 11 is 0. The van der Waals surface area contributed by atoms with Crippen LogP contribution in [-0.2, 0) is 14.9 Å². The lowest BCUT2D eigenvalue weighted by molar-refractivity contribution is -0.384. The molecule has 12 heteroatoms. The quantitative estimate of drug-likeness (QED) is 0.148. The van der Waals surface area contributed by atoms with Crippen molar-refractivity contribution in [3.63, 3.8) is 0 Å². The lowest BCUT2D eigenvalue weighted by Gasteiger charge is -2.12. The van der Waals surface area contributed by atoms with Crippen LogP contribution in [0.25, 0.3) is 6.08 Å². The largest absolute Gasteiger partial charge is 0.496 e. The molecule has 11 nitrogen and oxygen atoms in total. The number of nitrogens with one attached hydrogen (secondary N) is 1. The number of hydrogen-bond acceptors (Lipinski definition) is 9. The molecule has 0 aromatic heterocycles. The van der Waals surface area contributed by atoms with Gasteiger partial charge >= 0.3 is 10.1 Å². The first-order valence-electron chi connectivity index (χ1n) is 10.1. The zero-order valence-corrected chi connectivity index (χ0v) is 19.8. The van der Waals surface area contributed by atoms with E-state index in [4.69, 9.17) is 13.7 Å². The molecule has 3 rings (SSSR count). The first-order valence-corrected chi connectivity index (χ1v) is 11.5. The van der Waals surface area contributed by atoms with Gasteiger partial charge in [-0.15, -0.1) is 0 Å². The molecule has 1 N–H and O–H groups in total. The topological polar surface area (TPSA) is 158 Å². The van der Waals surface area contributed by atoms with Gasteiger partial charge in [-0.3, -0.25) is 14.9 Å². The van der Waals surface area contributed by atoms with Crippen molar-refractivity contribution in [1.82, 2.24) is 0 Å². The lowest BCUT2D eigenvalue weighted by atomic mass is 10.1. The third kappa shape index (κ3) is 5.96. The van der Waals surface area contributed by atoms with Gasteiger partial charge in [0.25, 0.3) is 11.6 Å². The number of amides is 1. The van der Waals surface area contributed by atoms with Crippen molar-refractivity contribution in [1.29, 1.82) is 5.26 Å². The Morgan fingerprint density at radius 3 is 2.36 bits per heavy atom. The van der Waals surface area contributed by atoms with Crippen molar-refractivity contribution in [3.05, 3.63) is 88.0 Å². The van der Waals surface area contributed by atoms with Gasteiger partial charge in [0.1, 0.15) is 28.0 Å². The van der Waals surface area contributed by atoms with Gasteiger partial charge in [0.2, 0.25) is 0 Å². The van der Waals surface area contributed by atoms with E-state index in [1.807, 2.05) is 0 Å². The molecule has 0 spiro atoms. The smallest absolute Gasteiger partial charge is 0.339 e. The molecule has 3 aromatic carbocycles. The molecule has 0 aliphatic rings. The fourth-order valence-corrected chi connectivity index (χ4v) is 3.96. The maximum atomic E-state index is 12.7. The van der Waals surface area contributed by atoms with Crippen LogP contribution in [0.1, 0.15) is 5.56 Å². The second-order valence-electron chi connectivity index (χ2n) is 7.02. The number of hydrogen-bond donors (Lipinski definition) is 1. The van der Waals surface area contributed by atoms with Crippen LogP contribution in [0.2, 0.25) is 0 Å². The van der Waals surface area contributed by atoms with Crippen LogP contribution < -0.4 is 19.0 Å². The van der Waals surface area contributed by atoms with Crippen LogP contribution in [0.5, 0.6) is 17.2 Å². The van der Waals surface area contributed by atoms with Crippen molar-refractivity contribution in [2.24, 2.45) is 0 Å². The summed E-state index contributed by atoms with van der Waals surface area (Å²) in [5, 5.41) is 23.2. The summed E-state index contributed by atoms with van der Waals surface area (Å²) in [6, 6.07) is 17.2. The normalized spacial score (nSPS) is 11.2. The predicted octanol–water partition coefficient (Wildman–Crippen LogP) is 3.93. The molecule has 0 unspecified atom stereocenters. The molecular weight excluding hydrogens is 490 g/mol. The average molecular weight is 509 g/mol. The van der Waals surface area contributed by atoms with E-state index in [1.54, 1.807) is 12.1 Å². The van der Waals surface area contributed by atoms with E-state index < -0.39 is 32.2 Å². The standard InChI is InChI=1S/C24H19N3O8S/c1-33-18-9-10-20(21(14-18)27(29)30)26-24(28)17(15-25)12-16-8-11-22(34-2)23(13-16)35-36(31,32)19-6-4-3-5-7-19/h3-14H,1-2H3,(H,26,28)/b17-12+. The number of nitro benzene ring substituents is 1. The van der Waals surface area contributed by atoms with E-state index in [9.17, 15) is 28.6 Å². The van der Waals surface area contributed by atoms with E-state index in [0.29, 0.717) is 0 Å². The molecule has 0 heterocycles. The molecule has 0 saturated heterocycles. The van der Waals surface area contributed by atoms with E-state index in [2.05, 4.69) is 5.32 Å². The maximum absolute atomic E-state index is 12.7. The maximum Gasteiger partial charge on any atom is 0.339 e. The molecule has 3 aromatic rings. The Morgan fingerprint density at radius 1 is 1.03 bits per heavy atom. The van der Waals surface area contributed by atoms with Crippen molar-refractivity contribution in [2.45, 2.75) is 4.90 Å². The lowest BCUT2D eigenvalue weighted by Crippen LogP contribution is -2.14. The molecule has 0 aliphatic heterocycles. The van der Waals surface area contributed by atoms with Gasteiger partial charge < -0.3 is 19.0 Å². The highest BCUT2D eigenvalue weighted by molar-refractivity contribution is 7.87. The number of anilines is 1. The first kappa shape index (κ1) is 25.7. The Hall–Kier alpha value is -4.89. The Balaban J connectivity index is 1.92. The number of benzene rings is 3. The minimum absolute atomic E-state index is 0.0776. The Morgan fingerprint density at radius 2 is 1.75 bits per heavy atom. The van der Waals surface area contributed by atoms with Crippen LogP contribution in [0, 0.1) is 21.4 Å². The second-order valence-corrected chi connectivity index (χ2v) is 8.57. The van der Waals surface area contributed by atoms with Crippen LogP contribution in [0.3, 0.4) is 0 Å². The van der Waals surface area contributed by atoms with Crippen molar-refractivity contribution >= 4 is 33.5 Å². The number of carbonyl (C=O) groups excluding carboxylic acids is 1. The summed E-state index contributed by atoms with van der Waals surface area (Å²) in [6.07, 6.45) is 1.17. The number of rotatable bonds is 9.